The minimum absolute atomic E-state index is 0.00499. The van der Waals surface area contributed by atoms with Gasteiger partial charge in [0, 0.05) is 18.6 Å². The molecule has 2 heterocycles. The molecule has 6 nitrogen and oxygen atoms in total. The summed E-state index contributed by atoms with van der Waals surface area (Å²) in [5, 5.41) is 18.1. The molecule has 1 amide bonds. The van der Waals surface area contributed by atoms with E-state index in [1.807, 2.05) is 4.68 Å². The lowest BCUT2D eigenvalue weighted by atomic mass is 9.53. The van der Waals surface area contributed by atoms with Gasteiger partial charge in [0.1, 0.15) is 11.4 Å². The summed E-state index contributed by atoms with van der Waals surface area (Å²) in [5.74, 6) is 3.39. The first-order valence-corrected chi connectivity index (χ1v) is 11.6. The first kappa shape index (κ1) is 19.4. The van der Waals surface area contributed by atoms with Crippen LogP contribution < -0.4 is 10.2 Å². The number of aromatic nitrogens is 2. The molecular weight excluding hydrogens is 364 g/mol. The number of piperidine rings is 1. The summed E-state index contributed by atoms with van der Waals surface area (Å²) >= 11 is 0. The van der Waals surface area contributed by atoms with Crippen molar-refractivity contribution in [1.29, 1.82) is 0 Å². The number of carbonyl (C=O) groups excluding carboxylic acids is 1. The van der Waals surface area contributed by atoms with Gasteiger partial charge in [0.05, 0.1) is 17.8 Å². The van der Waals surface area contributed by atoms with Crippen molar-refractivity contribution in [2.24, 2.45) is 17.8 Å². The maximum absolute atomic E-state index is 13.6. The Balaban J connectivity index is 1.43. The summed E-state index contributed by atoms with van der Waals surface area (Å²) in [4.78, 5) is 15.8. The van der Waals surface area contributed by atoms with Crippen molar-refractivity contribution in [3.63, 3.8) is 0 Å². The Hall–Kier alpha value is -1.56. The van der Waals surface area contributed by atoms with Crippen LogP contribution in [-0.4, -0.2) is 45.5 Å². The SMILES string of the molecule is CC(C)(C)n1ncc(C(=O)NC23CC4CC(CC(C4)C2)C3)c1N1CCC(O)CC1. The van der Waals surface area contributed by atoms with Crippen molar-refractivity contribution in [3.05, 3.63) is 11.8 Å². The number of hydrogen-bond donors (Lipinski definition) is 2. The highest BCUT2D eigenvalue weighted by Gasteiger charge is 2.51. The summed E-state index contributed by atoms with van der Waals surface area (Å²) < 4.78 is 2.00. The molecule has 5 fully saturated rings. The summed E-state index contributed by atoms with van der Waals surface area (Å²) in [6.45, 7) is 7.91. The van der Waals surface area contributed by atoms with Crippen LogP contribution in [0.1, 0.15) is 82.5 Å². The average molecular weight is 401 g/mol. The molecule has 4 bridgehead atoms. The van der Waals surface area contributed by atoms with Crippen LogP contribution >= 0.6 is 0 Å². The lowest BCUT2D eigenvalue weighted by molar-refractivity contribution is -0.0166. The molecule has 0 atom stereocenters. The number of aliphatic hydroxyl groups is 1. The van der Waals surface area contributed by atoms with Crippen molar-refractivity contribution in [1.82, 2.24) is 15.1 Å². The van der Waals surface area contributed by atoms with Gasteiger partial charge in [-0.3, -0.25) is 4.79 Å². The van der Waals surface area contributed by atoms with Gasteiger partial charge in [-0.15, -0.1) is 0 Å². The second kappa shape index (κ2) is 6.73. The standard InChI is InChI=1S/C23H36N4O2/c1-22(2,3)27-21(26-6-4-18(28)5-7-26)19(14-24-27)20(29)25-23-11-15-8-16(12-23)10-17(9-15)13-23/h14-18,28H,4-13H2,1-3H3,(H,25,29). The zero-order chi connectivity index (χ0) is 20.4. The van der Waals surface area contributed by atoms with Gasteiger partial charge in [-0.1, -0.05) is 0 Å². The van der Waals surface area contributed by atoms with E-state index in [4.69, 9.17) is 0 Å². The fourth-order valence-electron chi connectivity index (χ4n) is 6.95. The fourth-order valence-corrected chi connectivity index (χ4v) is 6.95. The number of hydrogen-bond acceptors (Lipinski definition) is 4. The molecule has 0 radical (unpaired) electrons. The first-order valence-electron chi connectivity index (χ1n) is 11.6. The smallest absolute Gasteiger partial charge is 0.257 e. The Morgan fingerprint density at radius 3 is 2.17 bits per heavy atom. The Kier molecular flexibility index (Phi) is 4.50. The second-order valence-corrected chi connectivity index (χ2v) is 11.3. The van der Waals surface area contributed by atoms with Crippen LogP contribution in [0.3, 0.4) is 0 Å². The molecule has 29 heavy (non-hydrogen) atoms. The number of rotatable bonds is 3. The average Bonchev–Trinajstić information content (AvgIpc) is 3.06. The highest BCUT2D eigenvalue weighted by Crippen LogP contribution is 2.55. The predicted molar refractivity (Wildman–Crippen MR) is 113 cm³/mol. The minimum atomic E-state index is -0.235. The lowest BCUT2D eigenvalue weighted by Gasteiger charge is -2.56. The number of nitrogens with zero attached hydrogens (tertiary/aromatic N) is 3. The predicted octanol–water partition coefficient (Wildman–Crippen LogP) is 3.30. The van der Waals surface area contributed by atoms with Gasteiger partial charge in [0.15, 0.2) is 0 Å². The van der Waals surface area contributed by atoms with Crippen molar-refractivity contribution in [3.8, 4) is 0 Å². The van der Waals surface area contributed by atoms with Crippen LogP contribution in [0.25, 0.3) is 0 Å². The lowest BCUT2D eigenvalue weighted by Crippen LogP contribution is -2.59. The van der Waals surface area contributed by atoms with Crippen molar-refractivity contribution >= 4 is 11.7 Å². The number of aliphatic hydroxyl groups excluding tert-OH is 1. The molecule has 4 saturated carbocycles. The summed E-state index contributed by atoms with van der Waals surface area (Å²) in [6, 6.07) is 0. The van der Waals surface area contributed by atoms with Gasteiger partial charge in [-0.2, -0.15) is 5.10 Å². The van der Waals surface area contributed by atoms with Gasteiger partial charge in [0.25, 0.3) is 5.91 Å². The number of anilines is 1. The summed E-state index contributed by atoms with van der Waals surface area (Å²) in [6.07, 6.45) is 10.6. The monoisotopic (exact) mass is 400 g/mol. The maximum Gasteiger partial charge on any atom is 0.257 e. The largest absolute Gasteiger partial charge is 0.393 e. The van der Waals surface area contributed by atoms with Gasteiger partial charge >= 0.3 is 0 Å². The third-order valence-electron chi connectivity index (χ3n) is 7.80. The number of amides is 1. The quantitative estimate of drug-likeness (QED) is 0.817. The molecule has 1 aromatic heterocycles. The third kappa shape index (κ3) is 3.47. The van der Waals surface area contributed by atoms with E-state index in [9.17, 15) is 9.90 Å². The van der Waals surface area contributed by atoms with Crippen LogP contribution in [-0.2, 0) is 5.54 Å². The van der Waals surface area contributed by atoms with Crippen LogP contribution in [0.5, 0.6) is 0 Å². The molecular formula is C23H36N4O2. The van der Waals surface area contributed by atoms with Crippen LogP contribution in [0.15, 0.2) is 6.20 Å². The molecule has 2 N–H and O–H groups in total. The first-order chi connectivity index (χ1) is 13.7. The van der Waals surface area contributed by atoms with Crippen LogP contribution in [0, 0.1) is 17.8 Å². The highest BCUT2D eigenvalue weighted by molar-refractivity contribution is 5.99. The van der Waals surface area contributed by atoms with Crippen molar-refractivity contribution in [2.75, 3.05) is 18.0 Å². The van der Waals surface area contributed by atoms with Gasteiger partial charge < -0.3 is 15.3 Å². The van der Waals surface area contributed by atoms with E-state index in [2.05, 4.69) is 36.1 Å². The zero-order valence-electron chi connectivity index (χ0n) is 18.2. The Bertz CT molecular complexity index is 750. The topological polar surface area (TPSA) is 70.4 Å². The zero-order valence-corrected chi connectivity index (χ0v) is 18.2. The fraction of sp³-hybridized carbons (Fsp3) is 0.826. The van der Waals surface area contributed by atoms with Crippen molar-refractivity contribution < 1.29 is 9.90 Å². The van der Waals surface area contributed by atoms with Gasteiger partial charge in [-0.25, -0.2) is 4.68 Å². The molecule has 160 valence electrons. The maximum atomic E-state index is 13.6. The van der Waals surface area contributed by atoms with Crippen LogP contribution in [0.4, 0.5) is 5.82 Å². The Labute approximate surface area is 174 Å². The Morgan fingerprint density at radius 1 is 1.10 bits per heavy atom. The molecule has 6 heteroatoms. The number of carbonyl (C=O) groups is 1. The minimum Gasteiger partial charge on any atom is -0.393 e. The highest BCUT2D eigenvalue weighted by atomic mass is 16.3. The second-order valence-electron chi connectivity index (χ2n) is 11.3. The van der Waals surface area contributed by atoms with Gasteiger partial charge in [0.2, 0.25) is 0 Å². The molecule has 4 aliphatic carbocycles. The molecule has 1 aromatic rings. The summed E-state index contributed by atoms with van der Waals surface area (Å²) in [7, 11) is 0. The molecule has 0 aromatic carbocycles. The molecule has 0 unspecified atom stereocenters. The Morgan fingerprint density at radius 2 is 1.66 bits per heavy atom. The molecule has 0 spiro atoms. The van der Waals surface area contributed by atoms with E-state index in [1.165, 1.54) is 19.3 Å². The summed E-state index contributed by atoms with van der Waals surface area (Å²) in [5.41, 5.74) is 0.502. The van der Waals surface area contributed by atoms with E-state index in [-0.39, 0.29) is 23.1 Å². The van der Waals surface area contributed by atoms with Gasteiger partial charge in [-0.05, 0) is 89.9 Å². The van der Waals surface area contributed by atoms with E-state index in [0.29, 0.717) is 5.56 Å². The van der Waals surface area contributed by atoms with Crippen molar-refractivity contribution in [2.45, 2.75) is 89.3 Å². The van der Waals surface area contributed by atoms with E-state index in [0.717, 1.165) is 68.8 Å². The van der Waals surface area contributed by atoms with E-state index in [1.54, 1.807) is 6.20 Å². The molecule has 1 aliphatic heterocycles. The van der Waals surface area contributed by atoms with E-state index < -0.39 is 0 Å². The number of nitrogens with one attached hydrogen (secondary N) is 1. The molecule has 6 rings (SSSR count). The normalized spacial score (nSPS) is 34.6. The van der Waals surface area contributed by atoms with Crippen LogP contribution in [0.2, 0.25) is 0 Å². The molecule has 5 aliphatic rings. The van der Waals surface area contributed by atoms with E-state index >= 15 is 0 Å². The molecule has 1 saturated heterocycles. The third-order valence-corrected chi connectivity index (χ3v) is 7.80.